The average Bonchev–Trinajstić information content (AvgIpc) is 2.40. The van der Waals surface area contributed by atoms with Crippen molar-refractivity contribution < 1.29 is 4.79 Å². The molecule has 0 saturated carbocycles. The number of likely N-dealkylation sites (N-methyl/N-ethyl adjacent to an activating group) is 1. The molecule has 0 unspecified atom stereocenters. The Balaban J connectivity index is 1.72. The van der Waals surface area contributed by atoms with Crippen molar-refractivity contribution in [3.05, 3.63) is 35.9 Å². The summed E-state index contributed by atoms with van der Waals surface area (Å²) in [5, 5.41) is 6.40. The average molecular weight is 261 g/mol. The second-order valence-corrected chi connectivity index (χ2v) is 5.27. The van der Waals surface area contributed by atoms with Crippen LogP contribution in [0.4, 0.5) is 0 Å². The van der Waals surface area contributed by atoms with E-state index >= 15 is 0 Å². The maximum atomic E-state index is 11.9. The summed E-state index contributed by atoms with van der Waals surface area (Å²) in [5.41, 5.74) is 1.23. The van der Waals surface area contributed by atoms with Gasteiger partial charge in [-0.05, 0) is 32.0 Å². The molecule has 1 aromatic rings. The van der Waals surface area contributed by atoms with Crippen LogP contribution >= 0.6 is 0 Å². The molecule has 0 bridgehead atoms. The maximum Gasteiger partial charge on any atom is 0.234 e. The number of nitrogens with one attached hydrogen (secondary N) is 2. The zero-order valence-electron chi connectivity index (χ0n) is 11.6. The van der Waals surface area contributed by atoms with Gasteiger partial charge in [-0.25, -0.2) is 0 Å². The third-order valence-electron chi connectivity index (χ3n) is 3.37. The molecule has 1 amide bonds. The number of carbonyl (C=O) groups excluding carboxylic acids is 1. The van der Waals surface area contributed by atoms with E-state index in [9.17, 15) is 4.79 Å². The topological polar surface area (TPSA) is 44.4 Å². The fourth-order valence-corrected chi connectivity index (χ4v) is 2.44. The highest BCUT2D eigenvalue weighted by molar-refractivity contribution is 5.78. The molecule has 0 aliphatic carbocycles. The Morgan fingerprint density at radius 2 is 2.21 bits per heavy atom. The third kappa shape index (κ3) is 5.01. The predicted molar refractivity (Wildman–Crippen MR) is 76.8 cm³/mol. The molecule has 0 spiro atoms. The van der Waals surface area contributed by atoms with E-state index in [1.165, 1.54) is 5.56 Å². The van der Waals surface area contributed by atoms with E-state index in [0.29, 0.717) is 12.6 Å². The first-order valence-corrected chi connectivity index (χ1v) is 6.96. The number of hydrogen-bond acceptors (Lipinski definition) is 3. The van der Waals surface area contributed by atoms with Gasteiger partial charge < -0.3 is 10.6 Å². The first-order chi connectivity index (χ1) is 9.24. The summed E-state index contributed by atoms with van der Waals surface area (Å²) < 4.78 is 0. The van der Waals surface area contributed by atoms with Crippen LogP contribution in [0.3, 0.4) is 0 Å². The van der Waals surface area contributed by atoms with Crippen LogP contribution in [0.5, 0.6) is 0 Å². The van der Waals surface area contributed by atoms with Crippen LogP contribution in [0.1, 0.15) is 18.4 Å². The second kappa shape index (κ2) is 7.26. The number of amides is 1. The summed E-state index contributed by atoms with van der Waals surface area (Å²) in [6, 6.07) is 10.5. The molecule has 1 fully saturated rings. The van der Waals surface area contributed by atoms with E-state index in [-0.39, 0.29) is 5.91 Å². The highest BCUT2D eigenvalue weighted by Gasteiger charge is 2.16. The molecule has 1 aromatic carbocycles. The lowest BCUT2D eigenvalue weighted by Crippen LogP contribution is -2.48. The molecule has 1 aliphatic rings. The minimum atomic E-state index is 0.118. The lowest BCUT2D eigenvalue weighted by molar-refractivity contribution is -0.122. The quantitative estimate of drug-likeness (QED) is 0.830. The highest BCUT2D eigenvalue weighted by atomic mass is 16.2. The third-order valence-corrected chi connectivity index (χ3v) is 3.37. The molecule has 1 aliphatic heterocycles. The molecular formula is C15H23N3O. The van der Waals surface area contributed by atoms with E-state index in [1.807, 2.05) is 30.1 Å². The molecule has 0 radical (unpaired) electrons. The normalized spacial score (nSPS) is 19.4. The van der Waals surface area contributed by atoms with Gasteiger partial charge >= 0.3 is 0 Å². The van der Waals surface area contributed by atoms with Crippen molar-refractivity contribution in [3.8, 4) is 0 Å². The molecule has 0 aromatic heterocycles. The second-order valence-electron chi connectivity index (χ2n) is 5.27. The van der Waals surface area contributed by atoms with Crippen LogP contribution in [-0.4, -0.2) is 43.5 Å². The van der Waals surface area contributed by atoms with Crippen LogP contribution in [0.2, 0.25) is 0 Å². The van der Waals surface area contributed by atoms with E-state index < -0.39 is 0 Å². The van der Waals surface area contributed by atoms with Gasteiger partial charge in [0.2, 0.25) is 5.91 Å². The summed E-state index contributed by atoms with van der Waals surface area (Å²) in [7, 11) is 1.98. The van der Waals surface area contributed by atoms with Gasteiger partial charge in [-0.3, -0.25) is 9.69 Å². The summed E-state index contributed by atoms with van der Waals surface area (Å²) >= 11 is 0. The van der Waals surface area contributed by atoms with Crippen molar-refractivity contribution in [1.82, 2.24) is 15.5 Å². The van der Waals surface area contributed by atoms with Crippen molar-refractivity contribution in [2.45, 2.75) is 25.4 Å². The van der Waals surface area contributed by atoms with E-state index in [1.54, 1.807) is 0 Å². The Morgan fingerprint density at radius 1 is 1.42 bits per heavy atom. The highest BCUT2D eigenvalue weighted by Crippen LogP contribution is 2.03. The van der Waals surface area contributed by atoms with Crippen LogP contribution in [0.25, 0.3) is 0 Å². The molecule has 2 rings (SSSR count). The first kappa shape index (κ1) is 14.0. The molecule has 1 atom stereocenters. The molecule has 104 valence electrons. The van der Waals surface area contributed by atoms with Crippen molar-refractivity contribution in [3.63, 3.8) is 0 Å². The number of rotatable bonds is 5. The van der Waals surface area contributed by atoms with Gasteiger partial charge in [0.15, 0.2) is 0 Å². The maximum absolute atomic E-state index is 11.9. The van der Waals surface area contributed by atoms with Crippen LogP contribution in [0.15, 0.2) is 30.3 Å². The largest absolute Gasteiger partial charge is 0.351 e. The number of nitrogens with zero attached hydrogens (tertiary/aromatic N) is 1. The molecule has 1 heterocycles. The summed E-state index contributed by atoms with van der Waals surface area (Å²) in [4.78, 5) is 14.0. The molecule has 19 heavy (non-hydrogen) atoms. The SMILES string of the molecule is CN(CC(=O)N[C@H]1CCCNC1)Cc1ccccc1. The fourth-order valence-electron chi connectivity index (χ4n) is 2.44. The van der Waals surface area contributed by atoms with Gasteiger partial charge in [-0.1, -0.05) is 30.3 Å². The van der Waals surface area contributed by atoms with Gasteiger partial charge in [0.05, 0.1) is 6.54 Å². The monoisotopic (exact) mass is 261 g/mol. The van der Waals surface area contributed by atoms with E-state index in [4.69, 9.17) is 0 Å². The Kier molecular flexibility index (Phi) is 5.36. The fraction of sp³-hybridized carbons (Fsp3) is 0.533. The Morgan fingerprint density at radius 3 is 2.89 bits per heavy atom. The Labute approximate surface area is 115 Å². The van der Waals surface area contributed by atoms with Gasteiger partial charge in [-0.15, -0.1) is 0 Å². The standard InChI is InChI=1S/C15H23N3O/c1-18(11-13-6-3-2-4-7-13)12-15(19)17-14-8-5-9-16-10-14/h2-4,6-7,14,16H,5,8-12H2,1H3,(H,17,19)/t14-/m0/s1. The molecule has 1 saturated heterocycles. The van der Waals surface area contributed by atoms with Crippen LogP contribution < -0.4 is 10.6 Å². The summed E-state index contributed by atoms with van der Waals surface area (Å²) in [6.07, 6.45) is 2.23. The number of hydrogen-bond donors (Lipinski definition) is 2. The molecule has 4 heteroatoms. The lowest BCUT2D eigenvalue weighted by atomic mass is 10.1. The zero-order chi connectivity index (χ0) is 13.5. The van der Waals surface area contributed by atoms with Crippen LogP contribution in [0, 0.1) is 0 Å². The zero-order valence-corrected chi connectivity index (χ0v) is 11.6. The van der Waals surface area contributed by atoms with Crippen molar-refractivity contribution >= 4 is 5.91 Å². The smallest absolute Gasteiger partial charge is 0.234 e. The van der Waals surface area contributed by atoms with Gasteiger partial charge in [0, 0.05) is 19.1 Å². The van der Waals surface area contributed by atoms with Crippen molar-refractivity contribution in [1.29, 1.82) is 0 Å². The minimum absolute atomic E-state index is 0.118. The Hall–Kier alpha value is -1.39. The first-order valence-electron chi connectivity index (χ1n) is 6.96. The molecule has 4 nitrogen and oxygen atoms in total. The van der Waals surface area contributed by atoms with Crippen molar-refractivity contribution in [2.75, 3.05) is 26.7 Å². The molecular weight excluding hydrogens is 238 g/mol. The number of carbonyl (C=O) groups is 1. The van der Waals surface area contributed by atoms with E-state index in [0.717, 1.165) is 32.5 Å². The predicted octanol–water partition coefficient (Wildman–Crippen LogP) is 0.987. The van der Waals surface area contributed by atoms with Gasteiger partial charge in [0.25, 0.3) is 0 Å². The minimum Gasteiger partial charge on any atom is -0.351 e. The number of piperidine rings is 1. The number of benzene rings is 1. The molecule has 2 N–H and O–H groups in total. The van der Waals surface area contributed by atoms with E-state index in [2.05, 4.69) is 22.8 Å². The summed E-state index contributed by atoms with van der Waals surface area (Å²) in [6.45, 7) is 3.22. The Bertz CT molecular complexity index is 388. The summed E-state index contributed by atoms with van der Waals surface area (Å²) in [5.74, 6) is 0.118. The van der Waals surface area contributed by atoms with Gasteiger partial charge in [0.1, 0.15) is 0 Å². The lowest BCUT2D eigenvalue weighted by Gasteiger charge is -2.25. The van der Waals surface area contributed by atoms with Crippen molar-refractivity contribution in [2.24, 2.45) is 0 Å². The van der Waals surface area contributed by atoms with Crippen LogP contribution in [-0.2, 0) is 11.3 Å². The van der Waals surface area contributed by atoms with Gasteiger partial charge in [-0.2, -0.15) is 0 Å².